The van der Waals surface area contributed by atoms with Crippen molar-refractivity contribution < 1.29 is 19.1 Å². The van der Waals surface area contributed by atoms with Crippen LogP contribution in [0.5, 0.6) is 11.5 Å². The second-order valence-corrected chi connectivity index (χ2v) is 6.50. The van der Waals surface area contributed by atoms with Crippen molar-refractivity contribution in [1.29, 1.82) is 0 Å². The van der Waals surface area contributed by atoms with Crippen LogP contribution in [0.3, 0.4) is 0 Å². The SMILES string of the molecule is COc1ccc2cc(/C=N\NC(=O)CN3C(=O)COc4ccccc43)ccc2c1. The summed E-state index contributed by atoms with van der Waals surface area (Å²) >= 11 is 0. The highest BCUT2D eigenvalue weighted by Crippen LogP contribution is 2.31. The molecule has 0 unspecified atom stereocenters. The van der Waals surface area contributed by atoms with Crippen molar-refractivity contribution in [3.8, 4) is 11.5 Å². The summed E-state index contributed by atoms with van der Waals surface area (Å²) in [5.74, 6) is 0.714. The predicted molar refractivity (Wildman–Crippen MR) is 111 cm³/mol. The number of anilines is 1. The lowest BCUT2D eigenvalue weighted by Gasteiger charge is -2.28. The molecule has 1 aliphatic rings. The van der Waals surface area contributed by atoms with Crippen molar-refractivity contribution in [3.63, 3.8) is 0 Å². The molecule has 4 rings (SSSR count). The van der Waals surface area contributed by atoms with Gasteiger partial charge in [-0.25, -0.2) is 5.43 Å². The number of rotatable bonds is 5. The largest absolute Gasteiger partial charge is 0.497 e. The van der Waals surface area contributed by atoms with Crippen LogP contribution in [0.25, 0.3) is 10.8 Å². The molecule has 7 nitrogen and oxygen atoms in total. The molecule has 3 aromatic rings. The van der Waals surface area contributed by atoms with Crippen LogP contribution in [0.2, 0.25) is 0 Å². The highest BCUT2D eigenvalue weighted by Gasteiger charge is 2.26. The van der Waals surface area contributed by atoms with Crippen LogP contribution in [0.15, 0.2) is 65.8 Å². The molecular formula is C22H19N3O4. The fraction of sp³-hybridized carbons (Fsp3) is 0.136. The number of hydrogen-bond acceptors (Lipinski definition) is 5. The van der Waals surface area contributed by atoms with E-state index < -0.39 is 5.91 Å². The van der Waals surface area contributed by atoms with Crippen LogP contribution in [0, 0.1) is 0 Å². The summed E-state index contributed by atoms with van der Waals surface area (Å²) in [6.45, 7) is -0.219. The lowest BCUT2D eigenvalue weighted by Crippen LogP contribution is -2.44. The number of nitrogens with one attached hydrogen (secondary N) is 1. The Morgan fingerprint density at radius 3 is 2.83 bits per heavy atom. The average Bonchev–Trinajstić information content (AvgIpc) is 2.75. The maximum Gasteiger partial charge on any atom is 0.265 e. The summed E-state index contributed by atoms with van der Waals surface area (Å²) in [5, 5.41) is 6.10. The van der Waals surface area contributed by atoms with Gasteiger partial charge in [-0.15, -0.1) is 0 Å². The number of fused-ring (bicyclic) bond motifs is 2. The first kappa shape index (κ1) is 18.5. The third kappa shape index (κ3) is 4.03. The summed E-state index contributed by atoms with van der Waals surface area (Å²) < 4.78 is 10.6. The number of para-hydroxylation sites is 2. The van der Waals surface area contributed by atoms with Gasteiger partial charge in [-0.1, -0.05) is 30.3 Å². The van der Waals surface area contributed by atoms with Crippen LogP contribution >= 0.6 is 0 Å². The Morgan fingerprint density at radius 1 is 1.17 bits per heavy atom. The molecule has 29 heavy (non-hydrogen) atoms. The van der Waals surface area contributed by atoms with E-state index in [4.69, 9.17) is 9.47 Å². The van der Waals surface area contributed by atoms with Gasteiger partial charge in [0.2, 0.25) is 0 Å². The number of ether oxygens (including phenoxy) is 2. The van der Waals surface area contributed by atoms with Crippen molar-refractivity contribution in [2.75, 3.05) is 25.2 Å². The molecule has 0 atom stereocenters. The zero-order chi connectivity index (χ0) is 20.2. The van der Waals surface area contributed by atoms with Crippen LogP contribution in [0.1, 0.15) is 5.56 Å². The van der Waals surface area contributed by atoms with E-state index in [9.17, 15) is 9.59 Å². The molecule has 3 aromatic carbocycles. The van der Waals surface area contributed by atoms with Gasteiger partial charge in [-0.3, -0.25) is 14.5 Å². The number of carbonyl (C=O) groups is 2. The lowest BCUT2D eigenvalue weighted by molar-refractivity contribution is -0.125. The van der Waals surface area contributed by atoms with E-state index in [-0.39, 0.29) is 19.1 Å². The number of hydrogen-bond donors (Lipinski definition) is 1. The van der Waals surface area contributed by atoms with Crippen molar-refractivity contribution in [2.24, 2.45) is 5.10 Å². The summed E-state index contributed by atoms with van der Waals surface area (Å²) in [6, 6.07) is 18.8. The average molecular weight is 389 g/mol. The topological polar surface area (TPSA) is 80.2 Å². The molecule has 0 radical (unpaired) electrons. The van der Waals surface area contributed by atoms with Crippen molar-refractivity contribution >= 4 is 34.5 Å². The smallest absolute Gasteiger partial charge is 0.265 e. The minimum absolute atomic E-state index is 0.0879. The van der Waals surface area contributed by atoms with Crippen LogP contribution in [-0.4, -0.2) is 38.3 Å². The summed E-state index contributed by atoms with van der Waals surface area (Å²) in [7, 11) is 1.63. The number of nitrogens with zero attached hydrogens (tertiary/aromatic N) is 2. The van der Waals surface area contributed by atoms with Crippen molar-refractivity contribution in [2.45, 2.75) is 0 Å². The zero-order valence-corrected chi connectivity index (χ0v) is 15.8. The van der Waals surface area contributed by atoms with Gasteiger partial charge in [0, 0.05) is 0 Å². The minimum atomic E-state index is -0.392. The Labute approximate surface area is 167 Å². The van der Waals surface area contributed by atoms with E-state index in [2.05, 4.69) is 10.5 Å². The number of benzene rings is 3. The molecular weight excluding hydrogens is 370 g/mol. The van der Waals surface area contributed by atoms with Gasteiger partial charge in [0.15, 0.2) is 6.61 Å². The minimum Gasteiger partial charge on any atom is -0.497 e. The molecule has 2 amide bonds. The lowest BCUT2D eigenvalue weighted by atomic mass is 10.1. The Bertz CT molecular complexity index is 1110. The Balaban J connectivity index is 1.41. The van der Waals surface area contributed by atoms with E-state index in [1.165, 1.54) is 4.90 Å². The third-order valence-electron chi connectivity index (χ3n) is 4.58. The Morgan fingerprint density at radius 2 is 1.97 bits per heavy atom. The Kier molecular flexibility index (Phi) is 5.11. The standard InChI is InChI=1S/C22H19N3O4/c1-28-18-9-8-16-10-15(6-7-17(16)11-18)12-23-24-21(26)13-25-19-4-2-3-5-20(19)29-14-22(25)27/h2-12H,13-14H2,1H3,(H,24,26)/b23-12-. The monoisotopic (exact) mass is 389 g/mol. The van der Waals surface area contributed by atoms with Crippen molar-refractivity contribution in [1.82, 2.24) is 5.43 Å². The molecule has 0 fully saturated rings. The highest BCUT2D eigenvalue weighted by atomic mass is 16.5. The fourth-order valence-corrected chi connectivity index (χ4v) is 3.13. The molecule has 0 aliphatic carbocycles. The zero-order valence-electron chi connectivity index (χ0n) is 15.8. The highest BCUT2D eigenvalue weighted by molar-refractivity contribution is 6.02. The third-order valence-corrected chi connectivity index (χ3v) is 4.58. The predicted octanol–water partition coefficient (Wildman–Crippen LogP) is 2.72. The molecule has 1 aliphatic heterocycles. The summed E-state index contributed by atoms with van der Waals surface area (Å²) in [6.07, 6.45) is 1.57. The number of hydrazone groups is 1. The first-order chi connectivity index (χ1) is 14.1. The molecule has 0 aromatic heterocycles. The second-order valence-electron chi connectivity index (χ2n) is 6.50. The van der Waals surface area contributed by atoms with Crippen LogP contribution in [-0.2, 0) is 9.59 Å². The van der Waals surface area contributed by atoms with Crippen LogP contribution < -0.4 is 19.8 Å². The molecule has 0 saturated heterocycles. The number of amides is 2. The molecule has 0 saturated carbocycles. The van der Waals surface area contributed by atoms with Gasteiger partial charge in [-0.05, 0) is 46.7 Å². The van der Waals surface area contributed by atoms with E-state index in [0.717, 1.165) is 22.1 Å². The van der Waals surface area contributed by atoms with Gasteiger partial charge in [0.1, 0.15) is 18.0 Å². The molecule has 146 valence electrons. The normalized spacial score (nSPS) is 13.3. The summed E-state index contributed by atoms with van der Waals surface area (Å²) in [5.41, 5.74) is 3.89. The van der Waals surface area contributed by atoms with Crippen LogP contribution in [0.4, 0.5) is 5.69 Å². The summed E-state index contributed by atoms with van der Waals surface area (Å²) in [4.78, 5) is 25.8. The Hall–Kier alpha value is -3.87. The first-order valence-electron chi connectivity index (χ1n) is 9.06. The molecule has 1 heterocycles. The van der Waals surface area contributed by atoms with Gasteiger partial charge in [0.05, 0.1) is 19.0 Å². The maximum atomic E-state index is 12.3. The van der Waals surface area contributed by atoms with Crippen molar-refractivity contribution in [3.05, 3.63) is 66.2 Å². The van der Waals surface area contributed by atoms with Gasteiger partial charge >= 0.3 is 0 Å². The van der Waals surface area contributed by atoms with Gasteiger partial charge in [0.25, 0.3) is 11.8 Å². The number of carbonyl (C=O) groups excluding carboxylic acids is 2. The first-order valence-corrected chi connectivity index (χ1v) is 9.06. The van der Waals surface area contributed by atoms with E-state index >= 15 is 0 Å². The van der Waals surface area contributed by atoms with Gasteiger partial charge < -0.3 is 9.47 Å². The molecule has 0 spiro atoms. The van der Waals surface area contributed by atoms with Gasteiger partial charge in [-0.2, -0.15) is 5.10 Å². The van der Waals surface area contributed by atoms with E-state index in [0.29, 0.717) is 11.4 Å². The van der Waals surface area contributed by atoms with E-state index in [1.807, 2.05) is 42.5 Å². The molecule has 0 bridgehead atoms. The quantitative estimate of drug-likeness (QED) is 0.538. The maximum absolute atomic E-state index is 12.3. The molecule has 1 N–H and O–H groups in total. The fourth-order valence-electron chi connectivity index (χ4n) is 3.13. The molecule has 7 heteroatoms. The number of methoxy groups -OCH3 is 1. The van der Waals surface area contributed by atoms with E-state index in [1.54, 1.807) is 31.5 Å². The second kappa shape index (κ2) is 8.02.